The Morgan fingerprint density at radius 2 is 1.60 bits per heavy atom. The van der Waals surface area contributed by atoms with E-state index in [1.165, 1.54) is 4.68 Å². The Balaban J connectivity index is 1.59. The van der Waals surface area contributed by atoms with Gasteiger partial charge in [-0.3, -0.25) is 9.59 Å². The van der Waals surface area contributed by atoms with Gasteiger partial charge in [-0.15, -0.1) is 0 Å². The smallest absolute Gasteiger partial charge is 0.274 e. The molecule has 0 spiro atoms. The molecule has 0 saturated heterocycles. The predicted molar refractivity (Wildman–Crippen MR) is 117 cm³/mol. The van der Waals surface area contributed by atoms with Crippen LogP contribution < -0.4 is 15.6 Å². The van der Waals surface area contributed by atoms with E-state index in [1.54, 1.807) is 55.6 Å². The highest BCUT2D eigenvalue weighted by molar-refractivity contribution is 6.32. The van der Waals surface area contributed by atoms with Crippen LogP contribution in [-0.2, 0) is 18.3 Å². The lowest BCUT2D eigenvalue weighted by atomic mass is 10.1. The summed E-state index contributed by atoms with van der Waals surface area (Å²) in [7, 11) is 1.57. The summed E-state index contributed by atoms with van der Waals surface area (Å²) in [5.41, 5.74) is 0.833. The Kier molecular flexibility index (Phi) is 5.50. The molecule has 1 aromatic heterocycles. The van der Waals surface area contributed by atoms with Gasteiger partial charge in [0.25, 0.3) is 5.56 Å². The number of rotatable bonds is 5. The molecular weight excluding hydrogens is 402 g/mol. The van der Waals surface area contributed by atoms with Crippen LogP contribution in [0.25, 0.3) is 10.8 Å². The van der Waals surface area contributed by atoms with E-state index in [0.29, 0.717) is 38.7 Å². The molecule has 3 aromatic carbocycles. The third-order valence-corrected chi connectivity index (χ3v) is 4.89. The molecule has 6 nitrogen and oxygen atoms in total. The van der Waals surface area contributed by atoms with Gasteiger partial charge < -0.3 is 10.1 Å². The van der Waals surface area contributed by atoms with Crippen LogP contribution in [0.1, 0.15) is 5.69 Å². The lowest BCUT2D eigenvalue weighted by Gasteiger charge is -2.13. The maximum atomic E-state index is 12.8. The second-order valence-corrected chi connectivity index (χ2v) is 7.08. The highest BCUT2D eigenvalue weighted by atomic mass is 35.5. The summed E-state index contributed by atoms with van der Waals surface area (Å²) in [5.74, 6) is 0.685. The number of para-hydroxylation sites is 3. The van der Waals surface area contributed by atoms with Gasteiger partial charge in [0.15, 0.2) is 5.75 Å². The summed E-state index contributed by atoms with van der Waals surface area (Å²) in [4.78, 5) is 25.0. The Morgan fingerprint density at radius 1 is 0.967 bits per heavy atom. The summed E-state index contributed by atoms with van der Waals surface area (Å²) in [6, 6.07) is 21.3. The van der Waals surface area contributed by atoms with Crippen molar-refractivity contribution < 1.29 is 9.53 Å². The molecular formula is C23H18ClN3O3. The van der Waals surface area contributed by atoms with E-state index in [-0.39, 0.29) is 17.9 Å². The van der Waals surface area contributed by atoms with E-state index in [2.05, 4.69) is 10.4 Å². The van der Waals surface area contributed by atoms with Crippen LogP contribution in [0, 0.1) is 0 Å². The van der Waals surface area contributed by atoms with Crippen LogP contribution in [0.4, 0.5) is 5.69 Å². The average molecular weight is 420 g/mol. The average Bonchev–Trinajstić information content (AvgIpc) is 2.75. The third kappa shape index (κ3) is 4.04. The summed E-state index contributed by atoms with van der Waals surface area (Å²) >= 11 is 6.17. The fraction of sp³-hybridized carbons (Fsp3) is 0.0870. The Labute approximate surface area is 177 Å². The summed E-state index contributed by atoms with van der Waals surface area (Å²) in [5, 5.41) is 8.81. The van der Waals surface area contributed by atoms with Crippen molar-refractivity contribution in [3.63, 3.8) is 0 Å². The van der Waals surface area contributed by atoms with Gasteiger partial charge in [-0.25, -0.2) is 4.68 Å². The van der Waals surface area contributed by atoms with E-state index in [9.17, 15) is 9.59 Å². The van der Waals surface area contributed by atoms with E-state index < -0.39 is 0 Å². The summed E-state index contributed by atoms with van der Waals surface area (Å²) < 4.78 is 7.14. The zero-order valence-electron chi connectivity index (χ0n) is 16.1. The van der Waals surface area contributed by atoms with E-state index in [1.807, 2.05) is 24.3 Å². The van der Waals surface area contributed by atoms with E-state index in [0.717, 1.165) is 0 Å². The highest BCUT2D eigenvalue weighted by Gasteiger charge is 2.14. The number of hydrogen-bond donors (Lipinski definition) is 1. The van der Waals surface area contributed by atoms with Crippen molar-refractivity contribution in [2.24, 2.45) is 7.05 Å². The van der Waals surface area contributed by atoms with Crippen LogP contribution in [0.3, 0.4) is 0 Å². The minimum atomic E-state index is -0.276. The van der Waals surface area contributed by atoms with Crippen LogP contribution in [-0.4, -0.2) is 15.7 Å². The van der Waals surface area contributed by atoms with Crippen molar-refractivity contribution in [3.05, 3.63) is 93.9 Å². The first-order valence-electron chi connectivity index (χ1n) is 9.29. The van der Waals surface area contributed by atoms with E-state index in [4.69, 9.17) is 16.3 Å². The molecule has 0 unspecified atom stereocenters. The molecule has 30 heavy (non-hydrogen) atoms. The van der Waals surface area contributed by atoms with Crippen molar-refractivity contribution in [1.29, 1.82) is 0 Å². The highest BCUT2D eigenvalue weighted by Crippen LogP contribution is 2.33. The number of carbonyl (C=O) groups excluding carboxylic acids is 1. The van der Waals surface area contributed by atoms with Gasteiger partial charge in [0, 0.05) is 12.4 Å². The Bertz CT molecular complexity index is 1300. The van der Waals surface area contributed by atoms with Gasteiger partial charge >= 0.3 is 0 Å². The van der Waals surface area contributed by atoms with Gasteiger partial charge in [0.05, 0.1) is 28.2 Å². The number of fused-ring (bicyclic) bond motifs is 1. The molecule has 1 amide bonds. The fourth-order valence-corrected chi connectivity index (χ4v) is 3.33. The number of nitrogens with zero attached hydrogens (tertiary/aromatic N) is 2. The lowest BCUT2D eigenvalue weighted by molar-refractivity contribution is -0.115. The van der Waals surface area contributed by atoms with Crippen molar-refractivity contribution in [3.8, 4) is 11.5 Å². The number of halogens is 1. The molecule has 0 aliphatic heterocycles. The quantitative estimate of drug-likeness (QED) is 0.514. The second kappa shape index (κ2) is 8.39. The zero-order chi connectivity index (χ0) is 21.1. The molecule has 1 N–H and O–H groups in total. The number of carbonyl (C=O) groups is 1. The number of nitrogens with one attached hydrogen (secondary N) is 1. The normalized spacial score (nSPS) is 10.7. The van der Waals surface area contributed by atoms with Crippen LogP contribution in [0.15, 0.2) is 77.6 Å². The van der Waals surface area contributed by atoms with Gasteiger partial charge in [-0.1, -0.05) is 54.1 Å². The molecule has 0 atom stereocenters. The number of anilines is 1. The van der Waals surface area contributed by atoms with Crippen molar-refractivity contribution in [2.45, 2.75) is 6.42 Å². The SMILES string of the molecule is Cn1nc(CC(=O)Nc2ccccc2Oc2ccccc2Cl)c2ccccc2c1=O. The monoisotopic (exact) mass is 419 g/mol. The zero-order valence-corrected chi connectivity index (χ0v) is 16.9. The number of ether oxygens (including phenoxy) is 1. The molecule has 0 saturated carbocycles. The molecule has 0 radical (unpaired) electrons. The maximum Gasteiger partial charge on any atom is 0.274 e. The first kappa shape index (κ1) is 19.7. The van der Waals surface area contributed by atoms with E-state index >= 15 is 0 Å². The van der Waals surface area contributed by atoms with Gasteiger partial charge in [-0.05, 0) is 30.3 Å². The first-order valence-corrected chi connectivity index (χ1v) is 9.67. The fourth-order valence-electron chi connectivity index (χ4n) is 3.16. The Morgan fingerprint density at radius 3 is 2.37 bits per heavy atom. The van der Waals surface area contributed by atoms with Crippen molar-refractivity contribution >= 4 is 34.0 Å². The standard InChI is InChI=1S/C23H18ClN3O3/c1-27-23(29)16-9-3-2-8-15(16)19(26-27)14-22(28)25-18-11-5-7-13-21(18)30-20-12-6-4-10-17(20)24/h2-13H,14H2,1H3,(H,25,28). The lowest BCUT2D eigenvalue weighted by Crippen LogP contribution is -2.24. The molecule has 0 aliphatic carbocycles. The molecule has 4 aromatic rings. The van der Waals surface area contributed by atoms with Crippen molar-refractivity contribution in [2.75, 3.05) is 5.32 Å². The molecule has 4 rings (SSSR count). The van der Waals surface area contributed by atoms with Gasteiger partial charge in [0.2, 0.25) is 5.91 Å². The molecule has 0 bridgehead atoms. The summed E-state index contributed by atoms with van der Waals surface area (Å²) in [6.07, 6.45) is 0.00899. The maximum absolute atomic E-state index is 12.8. The predicted octanol–water partition coefficient (Wildman–Crippen LogP) is 4.56. The number of amides is 1. The largest absolute Gasteiger partial charge is 0.454 e. The third-order valence-electron chi connectivity index (χ3n) is 4.58. The van der Waals surface area contributed by atoms with Gasteiger partial charge in [-0.2, -0.15) is 5.10 Å². The topological polar surface area (TPSA) is 73.2 Å². The minimum Gasteiger partial charge on any atom is -0.454 e. The number of benzene rings is 3. The summed E-state index contributed by atoms with van der Waals surface area (Å²) in [6.45, 7) is 0. The number of hydrogen-bond acceptors (Lipinski definition) is 4. The van der Waals surface area contributed by atoms with Crippen LogP contribution in [0.2, 0.25) is 5.02 Å². The second-order valence-electron chi connectivity index (χ2n) is 6.67. The molecule has 0 fully saturated rings. The van der Waals surface area contributed by atoms with Gasteiger partial charge in [0.1, 0.15) is 5.75 Å². The van der Waals surface area contributed by atoms with Crippen LogP contribution >= 0.6 is 11.6 Å². The molecule has 1 heterocycles. The van der Waals surface area contributed by atoms with Crippen molar-refractivity contribution in [1.82, 2.24) is 9.78 Å². The number of aryl methyl sites for hydroxylation is 1. The molecule has 7 heteroatoms. The first-order chi connectivity index (χ1) is 14.5. The molecule has 0 aliphatic rings. The minimum absolute atomic E-state index is 0.00899. The Hall–Kier alpha value is -3.64. The molecule has 150 valence electrons. The number of aromatic nitrogens is 2. The van der Waals surface area contributed by atoms with Crippen LogP contribution in [0.5, 0.6) is 11.5 Å².